The largest absolute Gasteiger partial charge is 0.481 e. The normalized spacial score (nSPS) is 10.4. The Morgan fingerprint density at radius 1 is 1.38 bits per heavy atom. The molecule has 1 rings (SSSR count). The SMILES string of the molecule is CCCOCC(=O)N(CCC(=O)O)Cc1cccc(Br)c1. The van der Waals surface area contributed by atoms with E-state index in [4.69, 9.17) is 9.84 Å². The first-order valence-corrected chi connectivity index (χ1v) is 7.64. The molecule has 0 aliphatic carbocycles. The van der Waals surface area contributed by atoms with Gasteiger partial charge in [-0.2, -0.15) is 0 Å². The van der Waals surface area contributed by atoms with E-state index >= 15 is 0 Å². The maximum absolute atomic E-state index is 12.1. The first kappa shape index (κ1) is 17.7. The van der Waals surface area contributed by atoms with Crippen molar-refractivity contribution in [3.63, 3.8) is 0 Å². The van der Waals surface area contributed by atoms with Crippen molar-refractivity contribution >= 4 is 27.8 Å². The quantitative estimate of drug-likeness (QED) is 0.690. The molecule has 1 amide bonds. The van der Waals surface area contributed by atoms with E-state index in [1.54, 1.807) is 0 Å². The van der Waals surface area contributed by atoms with Gasteiger partial charge in [0.2, 0.25) is 5.91 Å². The molecule has 0 radical (unpaired) electrons. The summed E-state index contributed by atoms with van der Waals surface area (Å²) in [7, 11) is 0. The number of carboxylic acid groups (broad SMARTS) is 1. The molecule has 21 heavy (non-hydrogen) atoms. The molecule has 1 aromatic rings. The van der Waals surface area contributed by atoms with Gasteiger partial charge in [-0.25, -0.2) is 0 Å². The number of carbonyl (C=O) groups is 2. The number of carbonyl (C=O) groups excluding carboxylic acids is 1. The number of hydrogen-bond donors (Lipinski definition) is 1. The van der Waals surface area contributed by atoms with Gasteiger partial charge in [0.05, 0.1) is 6.42 Å². The molecule has 0 aliphatic heterocycles. The van der Waals surface area contributed by atoms with Crippen molar-refractivity contribution < 1.29 is 19.4 Å². The smallest absolute Gasteiger partial charge is 0.305 e. The highest BCUT2D eigenvalue weighted by Gasteiger charge is 2.15. The Balaban J connectivity index is 2.66. The molecule has 0 aliphatic rings. The lowest BCUT2D eigenvalue weighted by Crippen LogP contribution is -2.35. The topological polar surface area (TPSA) is 66.8 Å². The van der Waals surface area contributed by atoms with Crippen LogP contribution < -0.4 is 0 Å². The molecule has 0 atom stereocenters. The van der Waals surface area contributed by atoms with Gasteiger partial charge < -0.3 is 14.7 Å². The number of hydrogen-bond acceptors (Lipinski definition) is 3. The van der Waals surface area contributed by atoms with Gasteiger partial charge in [0.25, 0.3) is 0 Å². The van der Waals surface area contributed by atoms with Crippen molar-refractivity contribution in [1.29, 1.82) is 0 Å². The number of carboxylic acids is 1. The van der Waals surface area contributed by atoms with E-state index in [2.05, 4.69) is 15.9 Å². The summed E-state index contributed by atoms with van der Waals surface area (Å²) in [6.45, 7) is 3.03. The van der Waals surface area contributed by atoms with Crippen molar-refractivity contribution in [3.8, 4) is 0 Å². The Hall–Kier alpha value is -1.40. The molecule has 0 saturated carbocycles. The summed E-state index contributed by atoms with van der Waals surface area (Å²) in [6.07, 6.45) is 0.765. The predicted octanol–water partition coefficient (Wildman–Crippen LogP) is 2.68. The number of amides is 1. The zero-order valence-corrected chi connectivity index (χ0v) is 13.6. The van der Waals surface area contributed by atoms with Crippen LogP contribution in [0.3, 0.4) is 0 Å². The van der Waals surface area contributed by atoms with Crippen molar-refractivity contribution in [2.75, 3.05) is 19.8 Å². The zero-order chi connectivity index (χ0) is 15.7. The Labute approximate surface area is 133 Å². The Kier molecular flexibility index (Phi) is 8.00. The van der Waals surface area contributed by atoms with Gasteiger partial charge in [-0.1, -0.05) is 35.0 Å². The van der Waals surface area contributed by atoms with Crippen LogP contribution >= 0.6 is 15.9 Å². The average molecular weight is 358 g/mol. The zero-order valence-electron chi connectivity index (χ0n) is 12.0. The molecule has 0 fully saturated rings. The lowest BCUT2D eigenvalue weighted by Gasteiger charge is -2.22. The summed E-state index contributed by atoms with van der Waals surface area (Å²) in [6, 6.07) is 7.59. The van der Waals surface area contributed by atoms with Crippen LogP contribution in [0.1, 0.15) is 25.3 Å². The third kappa shape index (κ3) is 7.24. The standard InChI is InChI=1S/C15H20BrNO4/c1-2-8-21-11-14(18)17(7-6-15(19)20)10-12-4-3-5-13(16)9-12/h3-5,9H,2,6-8,10-11H2,1H3,(H,19,20). The fourth-order valence-electron chi connectivity index (χ4n) is 1.77. The molecule has 116 valence electrons. The van der Waals surface area contributed by atoms with Crippen molar-refractivity contribution in [3.05, 3.63) is 34.3 Å². The van der Waals surface area contributed by atoms with E-state index in [1.165, 1.54) is 4.90 Å². The van der Waals surface area contributed by atoms with Gasteiger partial charge >= 0.3 is 5.97 Å². The van der Waals surface area contributed by atoms with Gasteiger partial charge in [-0.05, 0) is 24.1 Å². The van der Waals surface area contributed by atoms with Gasteiger partial charge in [0.15, 0.2) is 0 Å². The van der Waals surface area contributed by atoms with Crippen molar-refractivity contribution in [2.45, 2.75) is 26.3 Å². The second kappa shape index (κ2) is 9.52. The summed E-state index contributed by atoms with van der Waals surface area (Å²) in [5, 5.41) is 8.79. The molecule has 0 heterocycles. The lowest BCUT2D eigenvalue weighted by atomic mass is 10.2. The van der Waals surface area contributed by atoms with Gasteiger partial charge in [0, 0.05) is 24.2 Å². The number of benzene rings is 1. The van der Waals surface area contributed by atoms with Crippen molar-refractivity contribution in [2.24, 2.45) is 0 Å². The minimum absolute atomic E-state index is 0.0124. The number of ether oxygens (including phenoxy) is 1. The van der Waals surface area contributed by atoms with Gasteiger partial charge in [0.1, 0.15) is 6.61 Å². The molecular weight excluding hydrogens is 338 g/mol. The summed E-state index contributed by atoms with van der Waals surface area (Å²) >= 11 is 3.38. The molecule has 1 N–H and O–H groups in total. The molecule has 0 unspecified atom stereocenters. The number of rotatable bonds is 9. The minimum atomic E-state index is -0.920. The summed E-state index contributed by atoms with van der Waals surface area (Å²) in [4.78, 5) is 24.4. The van der Waals surface area contributed by atoms with Crippen LogP contribution in [0.4, 0.5) is 0 Å². The summed E-state index contributed by atoms with van der Waals surface area (Å²) in [5.41, 5.74) is 0.943. The molecule has 0 saturated heterocycles. The van der Waals surface area contributed by atoms with E-state index in [9.17, 15) is 9.59 Å². The van der Waals surface area contributed by atoms with E-state index in [1.807, 2.05) is 31.2 Å². The maximum atomic E-state index is 12.1. The first-order valence-electron chi connectivity index (χ1n) is 6.84. The number of aliphatic carboxylic acids is 1. The minimum Gasteiger partial charge on any atom is -0.481 e. The Morgan fingerprint density at radius 3 is 2.76 bits per heavy atom. The number of nitrogens with zero attached hydrogens (tertiary/aromatic N) is 1. The molecule has 6 heteroatoms. The highest BCUT2D eigenvalue weighted by molar-refractivity contribution is 9.10. The van der Waals surface area contributed by atoms with Crippen LogP contribution in [0, 0.1) is 0 Å². The van der Waals surface area contributed by atoms with Gasteiger partial charge in [-0.15, -0.1) is 0 Å². The third-order valence-electron chi connectivity index (χ3n) is 2.78. The Bertz CT molecular complexity index is 478. The van der Waals surface area contributed by atoms with E-state index < -0.39 is 5.97 Å². The monoisotopic (exact) mass is 357 g/mol. The second-order valence-corrected chi connectivity index (χ2v) is 5.56. The van der Waals surface area contributed by atoms with Crippen molar-refractivity contribution in [1.82, 2.24) is 4.90 Å². The van der Waals surface area contributed by atoms with Crippen LogP contribution in [0.15, 0.2) is 28.7 Å². The average Bonchev–Trinajstić information content (AvgIpc) is 2.43. The first-order chi connectivity index (χ1) is 10.0. The second-order valence-electron chi connectivity index (χ2n) is 4.64. The lowest BCUT2D eigenvalue weighted by molar-refractivity contribution is -0.140. The predicted molar refractivity (Wildman–Crippen MR) is 82.9 cm³/mol. The molecule has 0 bridgehead atoms. The van der Waals surface area contributed by atoms with Crippen LogP contribution in [-0.2, 0) is 20.9 Å². The molecule has 5 nitrogen and oxygen atoms in total. The van der Waals surface area contributed by atoms with E-state index in [0.29, 0.717) is 13.2 Å². The van der Waals surface area contributed by atoms with E-state index in [0.717, 1.165) is 16.5 Å². The maximum Gasteiger partial charge on any atom is 0.305 e. The fraction of sp³-hybridized carbons (Fsp3) is 0.467. The van der Waals surface area contributed by atoms with Crippen LogP contribution in [0.25, 0.3) is 0 Å². The highest BCUT2D eigenvalue weighted by atomic mass is 79.9. The number of halogens is 1. The molecule has 1 aromatic carbocycles. The third-order valence-corrected chi connectivity index (χ3v) is 3.28. The highest BCUT2D eigenvalue weighted by Crippen LogP contribution is 2.14. The van der Waals surface area contributed by atoms with E-state index in [-0.39, 0.29) is 25.5 Å². The summed E-state index contributed by atoms with van der Waals surface area (Å²) < 4.78 is 6.17. The van der Waals surface area contributed by atoms with Crippen LogP contribution in [0.5, 0.6) is 0 Å². The van der Waals surface area contributed by atoms with Crippen LogP contribution in [-0.4, -0.2) is 41.6 Å². The summed E-state index contributed by atoms with van der Waals surface area (Å²) in [5.74, 6) is -1.11. The van der Waals surface area contributed by atoms with Gasteiger partial charge in [-0.3, -0.25) is 9.59 Å². The molecule has 0 aromatic heterocycles. The van der Waals surface area contributed by atoms with Crippen LogP contribution in [0.2, 0.25) is 0 Å². The molecule has 0 spiro atoms. The fourth-order valence-corrected chi connectivity index (χ4v) is 2.22. The molecular formula is C15H20BrNO4. The Morgan fingerprint density at radius 2 is 2.14 bits per heavy atom.